The second kappa shape index (κ2) is 18.9. The van der Waals surface area contributed by atoms with Crippen molar-refractivity contribution in [1.29, 1.82) is 0 Å². The van der Waals surface area contributed by atoms with Gasteiger partial charge in [-0.05, 0) is 80.7 Å². The van der Waals surface area contributed by atoms with Gasteiger partial charge in [0.25, 0.3) is 0 Å². The fraction of sp³-hybridized carbons (Fsp3) is 0.511. The van der Waals surface area contributed by atoms with Gasteiger partial charge in [0.15, 0.2) is 29.1 Å². The second-order valence-electron chi connectivity index (χ2n) is 18.0. The van der Waals surface area contributed by atoms with Crippen molar-refractivity contribution in [1.82, 2.24) is 10.6 Å². The molecule has 1 saturated heterocycles. The lowest BCUT2D eigenvalue weighted by atomic mass is 9.44. The molecule has 0 spiro atoms. The van der Waals surface area contributed by atoms with Crippen molar-refractivity contribution < 1.29 is 76.8 Å². The van der Waals surface area contributed by atoms with Crippen molar-refractivity contribution in [2.75, 3.05) is 23.8 Å². The Kier molecular flexibility index (Phi) is 14.1. The summed E-state index contributed by atoms with van der Waals surface area (Å²) in [4.78, 5) is 94.6. The number of aliphatic hydroxyl groups is 2. The number of carbonyl (C=O) groups is 6. The average Bonchev–Trinajstić information content (AvgIpc) is 3.77. The average molecular weight is 1000 g/mol. The number of anilines is 1. The van der Waals surface area contributed by atoms with E-state index in [4.69, 9.17) is 14.0 Å². The fourth-order valence-corrected chi connectivity index (χ4v) is 11.7. The third-order valence-corrected chi connectivity index (χ3v) is 15.2. The monoisotopic (exact) mass is 1000 g/mol. The zero-order chi connectivity index (χ0) is 48.0. The first kappa shape index (κ1) is 49.4. The van der Waals surface area contributed by atoms with E-state index in [1.165, 1.54) is 18.2 Å². The molecule has 10 atom stereocenters. The largest absolute Gasteiger partial charge is 0.481 e. The molecule has 1 aliphatic heterocycles. The molecule has 8 N–H and O–H groups in total. The van der Waals surface area contributed by atoms with Gasteiger partial charge in [-0.15, -0.1) is 0 Å². The highest BCUT2D eigenvalue weighted by atomic mass is 79.9. The lowest BCUT2D eigenvalue weighted by molar-refractivity contribution is -0.231. The number of carboxylic acids is 1. The first-order chi connectivity index (χ1) is 31.1. The number of rotatable bonds is 17. The number of nitrogens with one attached hydrogen (secondary N) is 3. The molecule has 1 heterocycles. The Bertz CT molecular complexity index is 2430. The van der Waals surface area contributed by atoms with E-state index < -0.39 is 122 Å². The van der Waals surface area contributed by atoms with Crippen LogP contribution >= 0.6 is 23.8 Å². The molecule has 0 bridgehead atoms. The summed E-state index contributed by atoms with van der Waals surface area (Å²) in [6, 6.07) is 10.6. The van der Waals surface area contributed by atoms with Crippen LogP contribution in [-0.2, 0) is 60.4 Å². The number of aliphatic hydroxyl groups excluding tert-OH is 2. The highest BCUT2D eigenvalue weighted by molar-refractivity contribution is 9.09. The zero-order valence-corrected chi connectivity index (χ0v) is 38.5. The van der Waals surface area contributed by atoms with E-state index in [0.29, 0.717) is 28.7 Å². The Morgan fingerprint density at radius 2 is 1.80 bits per heavy atom. The molecule has 4 aliphatic carbocycles. The summed E-state index contributed by atoms with van der Waals surface area (Å²) in [7, 11) is -5.14. The first-order valence-corrected chi connectivity index (χ1v) is 24.1. The van der Waals surface area contributed by atoms with Gasteiger partial charge in [-0.25, -0.2) is 8.96 Å². The number of phosphoric ester groups is 1. The lowest BCUT2D eigenvalue weighted by Crippen LogP contribution is -2.69. The third-order valence-electron chi connectivity index (χ3n) is 14.3. The van der Waals surface area contributed by atoms with Crippen LogP contribution in [0.3, 0.4) is 0 Å². The molecule has 7 rings (SSSR count). The lowest BCUT2D eigenvalue weighted by Gasteiger charge is -2.62. The Balaban J connectivity index is 1.11. The normalized spacial score (nSPS) is 31.4. The number of aliphatic carboxylic acids is 1. The van der Waals surface area contributed by atoms with Crippen molar-refractivity contribution in [2.45, 2.75) is 101 Å². The topological polar surface area (TPSA) is 284 Å². The molecular weight excluding hydrogens is 952 g/mol. The number of carbonyl (C=O) groups excluding carboxylic acids is 5. The number of hydrogen-bond acceptors (Lipinski definition) is 12. The minimum Gasteiger partial charge on any atom is -0.481 e. The summed E-state index contributed by atoms with van der Waals surface area (Å²) in [5, 5.41) is 38.8. The van der Waals surface area contributed by atoms with Crippen LogP contribution in [0.5, 0.6) is 0 Å². The SMILES string of the molecule is C[C@]12C=CC(=O)C=C1CC[C@H]1[C@@H]3C[C@H]4O[C@@H](c5cccc(Cc6ccc(NC(=O)[C@H](CCC(=O)O)NC(=O)CNC(=O)CBr)c(CO)c6)c5)O[C@@]4(C(=O)COP(=O)(O)O)[C@@]3(C)C[C@H](O)[C@@]12F. The van der Waals surface area contributed by atoms with Crippen LogP contribution in [0.4, 0.5) is 10.1 Å². The first-order valence-electron chi connectivity index (χ1n) is 21.4. The van der Waals surface area contributed by atoms with Crippen molar-refractivity contribution in [2.24, 2.45) is 22.7 Å². The van der Waals surface area contributed by atoms with E-state index in [0.717, 1.165) is 5.56 Å². The fourth-order valence-electron chi connectivity index (χ4n) is 11.2. The number of halogens is 2. The zero-order valence-electron chi connectivity index (χ0n) is 36.0. The van der Waals surface area contributed by atoms with Crippen LogP contribution in [0.15, 0.2) is 66.3 Å². The van der Waals surface area contributed by atoms with Gasteiger partial charge in [0, 0.05) is 40.0 Å². The van der Waals surface area contributed by atoms with Gasteiger partial charge >= 0.3 is 13.8 Å². The summed E-state index contributed by atoms with van der Waals surface area (Å²) >= 11 is 2.97. The molecule has 5 aliphatic rings. The third kappa shape index (κ3) is 9.11. The van der Waals surface area contributed by atoms with Gasteiger partial charge in [-0.1, -0.05) is 70.9 Å². The molecule has 0 radical (unpaired) electrons. The van der Waals surface area contributed by atoms with E-state index in [1.54, 1.807) is 50.2 Å². The molecular formula is C45H52BrFN3O15P. The molecule has 0 aromatic heterocycles. The Morgan fingerprint density at radius 1 is 1.06 bits per heavy atom. The number of Topliss-reactive ketones (excluding diaryl/α,β-unsaturated/α-hetero) is 1. The molecule has 3 amide bonds. The Hall–Kier alpha value is -4.50. The van der Waals surface area contributed by atoms with Crippen molar-refractivity contribution in [3.63, 3.8) is 0 Å². The molecule has 21 heteroatoms. The number of carboxylic acid groups (broad SMARTS) is 1. The summed E-state index contributed by atoms with van der Waals surface area (Å²) in [6.07, 6.45) is 0.437. The maximum absolute atomic E-state index is 17.9. The number of allylic oxidation sites excluding steroid dienone is 4. The Labute approximate surface area is 387 Å². The number of fused-ring (bicyclic) bond motifs is 7. The minimum atomic E-state index is -5.14. The van der Waals surface area contributed by atoms with Gasteiger partial charge in [-0.2, -0.15) is 0 Å². The number of ketones is 2. The summed E-state index contributed by atoms with van der Waals surface area (Å²) in [6.45, 7) is 1.39. The summed E-state index contributed by atoms with van der Waals surface area (Å²) in [5.74, 6) is -5.65. The molecule has 356 valence electrons. The predicted molar refractivity (Wildman–Crippen MR) is 234 cm³/mol. The van der Waals surface area contributed by atoms with Crippen molar-refractivity contribution >= 4 is 64.7 Å². The molecule has 2 aromatic carbocycles. The van der Waals surface area contributed by atoms with Gasteiger partial charge in [0.1, 0.15) is 12.6 Å². The summed E-state index contributed by atoms with van der Waals surface area (Å²) < 4.78 is 47.8. The molecule has 4 fully saturated rings. The van der Waals surface area contributed by atoms with Crippen molar-refractivity contribution in [3.8, 4) is 0 Å². The smallest absolute Gasteiger partial charge is 0.470 e. The summed E-state index contributed by atoms with van der Waals surface area (Å²) in [5.41, 5.74) is -3.79. The quantitative estimate of drug-likeness (QED) is 0.0833. The predicted octanol–water partition coefficient (Wildman–Crippen LogP) is 3.38. The second-order valence-corrected chi connectivity index (χ2v) is 19.8. The van der Waals surface area contributed by atoms with Gasteiger partial charge in [0.2, 0.25) is 17.7 Å². The van der Waals surface area contributed by atoms with E-state index in [1.807, 2.05) is 6.07 Å². The van der Waals surface area contributed by atoms with E-state index in [2.05, 4.69) is 31.9 Å². The van der Waals surface area contributed by atoms with Crippen LogP contribution in [0, 0.1) is 22.7 Å². The van der Waals surface area contributed by atoms with Crippen molar-refractivity contribution in [3.05, 3.63) is 88.5 Å². The molecule has 0 unspecified atom stereocenters. The molecule has 2 aromatic rings. The van der Waals surface area contributed by atoms with Crippen LogP contribution < -0.4 is 16.0 Å². The van der Waals surface area contributed by atoms with E-state index in [9.17, 15) is 58.4 Å². The number of amides is 3. The molecule has 3 saturated carbocycles. The number of ether oxygens (including phenoxy) is 2. The number of hydrogen-bond donors (Lipinski definition) is 8. The standard InChI is InChI=1S/C45H52BrFN3O15P/c1-42-13-12-29(52)17-28(42)7-8-30-31-18-36-45(35(54)23-63-66(60,61)62,43(31,2)19-34(53)44(30,42)47)65-41(64-36)26-5-3-4-24(15-26)14-25-6-9-32(27(16-25)22-51)50-40(59)33(10-11-39(57)58)49-38(56)21-48-37(55)20-46/h3-6,9,12-13,15-17,30-31,33-34,36,41,51,53H,7-8,10-11,14,18-23H2,1-2H3,(H,48,55)(H,49,56)(H,50,59)(H,57,58)(H2,60,61,62)/t30-,31-,33-,34-,36+,41+,42-,43-,44-,45+/m0/s1. The van der Waals surface area contributed by atoms with E-state index >= 15 is 4.39 Å². The van der Waals surface area contributed by atoms with Crippen LogP contribution in [0.2, 0.25) is 0 Å². The minimum absolute atomic E-state index is 0.0514. The maximum atomic E-state index is 17.9. The number of alkyl halides is 2. The van der Waals surface area contributed by atoms with Crippen LogP contribution in [-0.4, -0.2) is 108 Å². The van der Waals surface area contributed by atoms with Gasteiger partial charge in [-0.3, -0.25) is 33.3 Å². The van der Waals surface area contributed by atoms with Gasteiger partial charge in [0.05, 0.1) is 30.7 Å². The molecule has 18 nitrogen and oxygen atoms in total. The maximum Gasteiger partial charge on any atom is 0.470 e. The highest BCUT2D eigenvalue weighted by Gasteiger charge is 2.79. The Morgan fingerprint density at radius 3 is 2.50 bits per heavy atom. The highest BCUT2D eigenvalue weighted by Crippen LogP contribution is 2.72. The van der Waals surface area contributed by atoms with Gasteiger partial charge < -0.3 is 50.5 Å². The van der Waals surface area contributed by atoms with Crippen LogP contribution in [0.25, 0.3) is 0 Å². The molecule has 66 heavy (non-hydrogen) atoms. The number of benzene rings is 2. The van der Waals surface area contributed by atoms with Crippen LogP contribution in [0.1, 0.15) is 80.9 Å². The van der Waals surface area contributed by atoms with E-state index in [-0.39, 0.29) is 48.9 Å². The number of phosphoric acid groups is 1.